The van der Waals surface area contributed by atoms with E-state index in [9.17, 15) is 19.5 Å². The molecule has 1 aliphatic heterocycles. The van der Waals surface area contributed by atoms with E-state index < -0.39 is 23.6 Å². The van der Waals surface area contributed by atoms with E-state index in [2.05, 4.69) is 5.32 Å². The summed E-state index contributed by atoms with van der Waals surface area (Å²) in [7, 11) is 1.69. The molecule has 1 heterocycles. The number of hydrogen-bond acceptors (Lipinski definition) is 3. The van der Waals surface area contributed by atoms with Gasteiger partial charge in [0.25, 0.3) is 0 Å². The molecule has 1 unspecified atom stereocenters. The molecule has 0 aliphatic carbocycles. The zero-order chi connectivity index (χ0) is 16.4. The first-order chi connectivity index (χ1) is 9.62. The maximum Gasteiger partial charge on any atom is 0.326 e. The molecule has 0 aromatic carbocycles. The van der Waals surface area contributed by atoms with Crippen LogP contribution in [-0.2, 0) is 9.59 Å². The molecular weight excluding hydrogens is 274 g/mol. The van der Waals surface area contributed by atoms with Gasteiger partial charge in [-0.2, -0.15) is 0 Å². The number of urea groups is 1. The van der Waals surface area contributed by atoms with Gasteiger partial charge < -0.3 is 20.2 Å². The van der Waals surface area contributed by atoms with Crippen LogP contribution in [0.4, 0.5) is 4.79 Å². The minimum Gasteiger partial charge on any atom is -0.480 e. The number of hydrogen-bond donors (Lipinski definition) is 2. The molecule has 120 valence electrons. The summed E-state index contributed by atoms with van der Waals surface area (Å²) >= 11 is 0. The summed E-state index contributed by atoms with van der Waals surface area (Å²) in [4.78, 5) is 38.8. The van der Waals surface area contributed by atoms with Crippen LogP contribution in [-0.4, -0.2) is 64.5 Å². The first-order valence-corrected chi connectivity index (χ1v) is 7.19. The van der Waals surface area contributed by atoms with Crippen molar-refractivity contribution in [3.05, 3.63) is 0 Å². The number of likely N-dealkylation sites (N-methyl/N-ethyl adjacent to an activating group) is 1. The molecule has 7 nitrogen and oxygen atoms in total. The quantitative estimate of drug-likeness (QED) is 0.801. The number of amides is 3. The maximum atomic E-state index is 12.4. The lowest BCUT2D eigenvalue weighted by Gasteiger charge is -2.45. The van der Waals surface area contributed by atoms with E-state index in [-0.39, 0.29) is 11.8 Å². The molecule has 0 bridgehead atoms. The second-order valence-corrected chi connectivity index (χ2v) is 6.09. The zero-order valence-corrected chi connectivity index (χ0v) is 13.3. The molecule has 0 aromatic heterocycles. The van der Waals surface area contributed by atoms with Crippen LogP contribution >= 0.6 is 0 Å². The Morgan fingerprint density at radius 2 is 1.95 bits per heavy atom. The van der Waals surface area contributed by atoms with Crippen molar-refractivity contribution >= 4 is 17.9 Å². The number of nitrogens with one attached hydrogen (secondary N) is 1. The number of piperazine rings is 1. The van der Waals surface area contributed by atoms with E-state index in [1.165, 1.54) is 4.90 Å². The largest absolute Gasteiger partial charge is 0.480 e. The van der Waals surface area contributed by atoms with Crippen molar-refractivity contribution in [3.63, 3.8) is 0 Å². The van der Waals surface area contributed by atoms with E-state index in [1.807, 2.05) is 6.92 Å². The van der Waals surface area contributed by atoms with Gasteiger partial charge in [0.05, 0.1) is 0 Å². The summed E-state index contributed by atoms with van der Waals surface area (Å²) in [5.41, 5.74) is -0.977. The molecule has 2 N–H and O–H groups in total. The van der Waals surface area contributed by atoms with E-state index in [0.717, 1.165) is 0 Å². The molecule has 0 aromatic rings. The Hall–Kier alpha value is -1.79. The van der Waals surface area contributed by atoms with Gasteiger partial charge >= 0.3 is 12.0 Å². The summed E-state index contributed by atoms with van der Waals surface area (Å²) in [6.45, 7) is 7.81. The highest BCUT2D eigenvalue weighted by Crippen LogP contribution is 2.22. The van der Waals surface area contributed by atoms with Crippen LogP contribution in [0.5, 0.6) is 0 Å². The summed E-state index contributed by atoms with van der Waals surface area (Å²) < 4.78 is 0. The Bertz CT molecular complexity index is 436. The highest BCUT2D eigenvalue weighted by Gasteiger charge is 2.44. The van der Waals surface area contributed by atoms with Gasteiger partial charge in [-0.25, -0.2) is 9.59 Å². The van der Waals surface area contributed by atoms with Crippen LogP contribution in [0.1, 0.15) is 34.1 Å². The fraction of sp³-hybridized carbons (Fsp3) is 0.786. The summed E-state index contributed by atoms with van der Waals surface area (Å²) in [5, 5.41) is 11.8. The predicted octanol–water partition coefficient (Wildman–Crippen LogP) is 0.748. The first kappa shape index (κ1) is 17.3. The van der Waals surface area contributed by atoms with Gasteiger partial charge in [-0.05, 0) is 19.8 Å². The maximum absolute atomic E-state index is 12.4. The summed E-state index contributed by atoms with van der Waals surface area (Å²) in [6.07, 6.45) is 0.641. The van der Waals surface area contributed by atoms with Crippen LogP contribution < -0.4 is 5.32 Å². The molecular formula is C14H25N3O4. The fourth-order valence-electron chi connectivity index (χ4n) is 2.46. The molecule has 21 heavy (non-hydrogen) atoms. The van der Waals surface area contributed by atoms with E-state index in [1.54, 1.807) is 32.7 Å². The van der Waals surface area contributed by atoms with Crippen LogP contribution in [0, 0.1) is 5.92 Å². The van der Waals surface area contributed by atoms with Gasteiger partial charge in [0, 0.05) is 20.1 Å². The summed E-state index contributed by atoms with van der Waals surface area (Å²) in [6, 6.07) is -1.46. The third-order valence-corrected chi connectivity index (χ3v) is 4.21. The van der Waals surface area contributed by atoms with Gasteiger partial charge in [0.1, 0.15) is 11.6 Å². The van der Waals surface area contributed by atoms with Gasteiger partial charge in [-0.3, -0.25) is 4.79 Å². The van der Waals surface area contributed by atoms with Gasteiger partial charge in [-0.1, -0.05) is 20.3 Å². The van der Waals surface area contributed by atoms with Crippen molar-refractivity contribution in [2.75, 3.05) is 20.1 Å². The molecule has 0 saturated carbocycles. The third-order valence-electron chi connectivity index (χ3n) is 4.21. The Balaban J connectivity index is 2.87. The van der Waals surface area contributed by atoms with E-state index in [0.29, 0.717) is 19.5 Å². The standard InChI is InChI=1S/C14H25N3O4/c1-6-9(2)10(11(18)19)15-13(21)17-8-7-16(5)12(20)14(17,3)4/h9-10H,6-8H2,1-5H3,(H,15,21)(H,18,19)/t9?,10-/m0/s1. The molecule has 1 rings (SSSR count). The Morgan fingerprint density at radius 1 is 1.38 bits per heavy atom. The molecule has 2 atom stereocenters. The molecule has 7 heteroatoms. The van der Waals surface area contributed by atoms with Gasteiger partial charge in [0.2, 0.25) is 5.91 Å². The monoisotopic (exact) mass is 299 g/mol. The Morgan fingerprint density at radius 3 is 2.43 bits per heavy atom. The smallest absolute Gasteiger partial charge is 0.326 e. The average molecular weight is 299 g/mol. The molecule has 1 aliphatic rings. The van der Waals surface area contributed by atoms with Crippen molar-refractivity contribution in [2.45, 2.75) is 45.7 Å². The van der Waals surface area contributed by atoms with E-state index >= 15 is 0 Å². The number of rotatable bonds is 4. The topological polar surface area (TPSA) is 90.0 Å². The van der Waals surface area contributed by atoms with Crippen molar-refractivity contribution in [1.29, 1.82) is 0 Å². The minimum absolute atomic E-state index is 0.153. The molecule has 0 radical (unpaired) electrons. The first-order valence-electron chi connectivity index (χ1n) is 7.19. The van der Waals surface area contributed by atoms with Crippen molar-refractivity contribution in [3.8, 4) is 0 Å². The fourth-order valence-corrected chi connectivity index (χ4v) is 2.46. The van der Waals surface area contributed by atoms with Crippen LogP contribution in [0.15, 0.2) is 0 Å². The van der Waals surface area contributed by atoms with Crippen LogP contribution in [0.2, 0.25) is 0 Å². The average Bonchev–Trinajstić information content (AvgIpc) is 2.40. The number of carboxylic acids is 1. The minimum atomic E-state index is -1.06. The molecule has 1 saturated heterocycles. The van der Waals surface area contributed by atoms with Crippen LogP contribution in [0.3, 0.4) is 0 Å². The number of aliphatic carboxylic acids is 1. The second-order valence-electron chi connectivity index (χ2n) is 6.09. The van der Waals surface area contributed by atoms with E-state index in [4.69, 9.17) is 0 Å². The van der Waals surface area contributed by atoms with Crippen molar-refractivity contribution < 1.29 is 19.5 Å². The molecule has 0 spiro atoms. The number of carbonyl (C=O) groups is 3. The Kier molecular flexibility index (Phi) is 5.20. The lowest BCUT2D eigenvalue weighted by Crippen LogP contribution is -2.66. The second kappa shape index (κ2) is 6.32. The highest BCUT2D eigenvalue weighted by atomic mass is 16.4. The van der Waals surface area contributed by atoms with Gasteiger partial charge in [-0.15, -0.1) is 0 Å². The number of carbonyl (C=O) groups excluding carboxylic acids is 2. The lowest BCUT2D eigenvalue weighted by atomic mass is 9.97. The summed E-state index contributed by atoms with van der Waals surface area (Å²) in [5.74, 6) is -1.40. The van der Waals surface area contributed by atoms with Crippen molar-refractivity contribution in [1.82, 2.24) is 15.1 Å². The Labute approximate surface area is 125 Å². The number of carboxylic acid groups (broad SMARTS) is 1. The normalized spacial score (nSPS) is 20.9. The van der Waals surface area contributed by atoms with Crippen molar-refractivity contribution in [2.24, 2.45) is 5.92 Å². The van der Waals surface area contributed by atoms with Gasteiger partial charge in [0.15, 0.2) is 0 Å². The lowest BCUT2D eigenvalue weighted by molar-refractivity contribution is -0.144. The zero-order valence-electron chi connectivity index (χ0n) is 13.3. The molecule has 1 fully saturated rings. The number of nitrogens with zero attached hydrogens (tertiary/aromatic N) is 2. The van der Waals surface area contributed by atoms with Crippen LogP contribution in [0.25, 0.3) is 0 Å². The predicted molar refractivity (Wildman–Crippen MR) is 77.8 cm³/mol. The SMILES string of the molecule is CCC(C)[C@H](NC(=O)N1CCN(C)C(=O)C1(C)C)C(=O)O. The highest BCUT2D eigenvalue weighted by molar-refractivity contribution is 5.92. The third kappa shape index (κ3) is 3.46. The molecule has 3 amide bonds.